The van der Waals surface area contributed by atoms with Crippen LogP contribution in [0.4, 0.5) is 10.8 Å². The number of anilines is 2. The third kappa shape index (κ3) is 3.25. The molecule has 0 atom stereocenters. The molecule has 3 rings (SSSR count). The van der Waals surface area contributed by atoms with Crippen LogP contribution in [0.5, 0.6) is 5.75 Å². The highest BCUT2D eigenvalue weighted by Gasteiger charge is 2.14. The normalized spacial score (nSPS) is 10.7. The number of benzene rings is 2. The number of hydrogen-bond donors (Lipinski definition) is 3. The quantitative estimate of drug-likeness (QED) is 0.465. The number of fused-ring (bicyclic) bond motifs is 1. The maximum absolute atomic E-state index is 12.4. The van der Waals surface area contributed by atoms with Crippen molar-refractivity contribution in [3.05, 3.63) is 45.9 Å². The van der Waals surface area contributed by atoms with Crippen LogP contribution in [0.3, 0.4) is 0 Å². The molecule has 0 aliphatic carbocycles. The number of amides is 1. The average Bonchev–Trinajstić information content (AvgIpc) is 2.97. The van der Waals surface area contributed by atoms with Crippen LogP contribution < -0.4 is 21.3 Å². The maximum Gasteiger partial charge on any atom is 0.255 e. The number of nitrogens with zero attached hydrogens (tertiary/aromatic N) is 1. The molecule has 2 aromatic carbocycles. The number of thiazole rings is 1. The van der Waals surface area contributed by atoms with E-state index >= 15 is 0 Å². The molecule has 124 valence electrons. The summed E-state index contributed by atoms with van der Waals surface area (Å²) in [5, 5.41) is 3.94. The topological polar surface area (TPSA) is 89.3 Å². The van der Waals surface area contributed by atoms with Gasteiger partial charge in [-0.1, -0.05) is 34.5 Å². The van der Waals surface area contributed by atoms with E-state index in [1.54, 1.807) is 12.1 Å². The lowest BCUT2D eigenvalue weighted by Crippen LogP contribution is -2.12. The Balaban J connectivity index is 1.86. The van der Waals surface area contributed by atoms with Crippen LogP contribution in [-0.4, -0.2) is 18.0 Å². The second-order valence-electron chi connectivity index (χ2n) is 4.77. The minimum atomic E-state index is -0.331. The highest BCUT2D eigenvalue weighted by Crippen LogP contribution is 2.34. The van der Waals surface area contributed by atoms with Gasteiger partial charge in [0.05, 0.1) is 27.4 Å². The van der Waals surface area contributed by atoms with Gasteiger partial charge in [-0.25, -0.2) is 10.8 Å². The third-order valence-corrected chi connectivity index (χ3v) is 4.75. The molecule has 4 N–H and O–H groups in total. The van der Waals surface area contributed by atoms with Crippen molar-refractivity contribution in [1.82, 2.24) is 4.98 Å². The Labute approximate surface area is 151 Å². The van der Waals surface area contributed by atoms with Crippen LogP contribution in [0.25, 0.3) is 10.2 Å². The molecular weight excluding hydrogens is 371 g/mol. The minimum absolute atomic E-state index is 0.270. The first kappa shape index (κ1) is 16.8. The van der Waals surface area contributed by atoms with E-state index in [1.165, 1.54) is 30.6 Å². The monoisotopic (exact) mass is 382 g/mol. The molecule has 0 saturated carbocycles. The highest BCUT2D eigenvalue weighted by molar-refractivity contribution is 7.22. The number of nitrogen functional groups attached to an aromatic ring is 1. The fraction of sp³-hybridized carbons (Fsp3) is 0.0667. The van der Waals surface area contributed by atoms with E-state index in [9.17, 15) is 4.79 Å². The number of ether oxygens (including phenoxy) is 1. The van der Waals surface area contributed by atoms with Gasteiger partial charge in [0.1, 0.15) is 0 Å². The van der Waals surface area contributed by atoms with Crippen molar-refractivity contribution >= 4 is 61.5 Å². The lowest BCUT2D eigenvalue weighted by Gasteiger charge is -2.09. The van der Waals surface area contributed by atoms with Gasteiger partial charge in [-0.15, -0.1) is 0 Å². The predicted molar refractivity (Wildman–Crippen MR) is 98.4 cm³/mol. The Morgan fingerprint density at radius 1 is 1.25 bits per heavy atom. The molecule has 0 fully saturated rings. The Kier molecular flexibility index (Phi) is 4.77. The Bertz CT molecular complexity index is 906. The summed E-state index contributed by atoms with van der Waals surface area (Å²) in [6.45, 7) is 0. The largest absolute Gasteiger partial charge is 0.494 e. The van der Waals surface area contributed by atoms with Gasteiger partial charge in [-0.2, -0.15) is 0 Å². The van der Waals surface area contributed by atoms with Crippen LogP contribution in [0.1, 0.15) is 10.4 Å². The number of carbonyl (C=O) groups is 1. The Hall–Kier alpha value is -2.06. The molecule has 0 saturated heterocycles. The highest BCUT2D eigenvalue weighted by atomic mass is 35.5. The van der Waals surface area contributed by atoms with Gasteiger partial charge < -0.3 is 10.1 Å². The molecule has 0 aliphatic rings. The van der Waals surface area contributed by atoms with E-state index in [-0.39, 0.29) is 16.0 Å². The van der Waals surface area contributed by atoms with Crippen LogP contribution >= 0.6 is 34.5 Å². The number of nitrogens with one attached hydrogen (secondary N) is 2. The van der Waals surface area contributed by atoms with Gasteiger partial charge in [0.15, 0.2) is 10.9 Å². The van der Waals surface area contributed by atoms with Crippen molar-refractivity contribution in [3.63, 3.8) is 0 Å². The zero-order valence-corrected chi connectivity index (χ0v) is 14.7. The van der Waals surface area contributed by atoms with E-state index in [4.69, 9.17) is 33.8 Å². The second-order valence-corrected chi connectivity index (χ2v) is 6.62. The first-order valence-corrected chi connectivity index (χ1v) is 8.30. The average molecular weight is 383 g/mol. The molecule has 0 radical (unpaired) electrons. The molecule has 1 aromatic heterocycles. The second kappa shape index (κ2) is 6.82. The van der Waals surface area contributed by atoms with Crippen molar-refractivity contribution < 1.29 is 9.53 Å². The van der Waals surface area contributed by atoms with Gasteiger partial charge in [-0.05, 0) is 30.3 Å². The van der Waals surface area contributed by atoms with Crippen LogP contribution in [0, 0.1) is 0 Å². The zero-order chi connectivity index (χ0) is 17.3. The maximum atomic E-state index is 12.4. The predicted octanol–water partition coefficient (Wildman–Crippen LogP) is 4.15. The summed E-state index contributed by atoms with van der Waals surface area (Å²) in [7, 11) is 1.46. The van der Waals surface area contributed by atoms with Gasteiger partial charge in [0, 0.05) is 11.3 Å². The number of hydrazine groups is 1. The first-order valence-electron chi connectivity index (χ1n) is 6.73. The molecule has 1 amide bonds. The van der Waals surface area contributed by atoms with E-state index in [0.717, 1.165) is 10.2 Å². The zero-order valence-electron chi connectivity index (χ0n) is 12.4. The van der Waals surface area contributed by atoms with E-state index in [0.29, 0.717) is 22.1 Å². The lowest BCUT2D eigenvalue weighted by atomic mass is 10.2. The van der Waals surface area contributed by atoms with Crippen LogP contribution in [0.2, 0.25) is 10.0 Å². The first-order chi connectivity index (χ1) is 11.5. The number of halogens is 2. The number of carbonyl (C=O) groups excluding carboxylic acids is 1. The van der Waals surface area contributed by atoms with Crippen molar-refractivity contribution in [2.45, 2.75) is 0 Å². The number of methoxy groups -OCH3 is 1. The standard InChI is InChI=1S/C15H12Cl2N4O2S/c1-23-13-9(16)4-7(5-10(13)17)14(22)19-8-2-3-11-12(6-8)24-15(20-11)21-18/h2-6H,18H2,1H3,(H,19,22)(H,20,21). The Morgan fingerprint density at radius 2 is 1.96 bits per heavy atom. The summed E-state index contributed by atoms with van der Waals surface area (Å²) in [5.41, 5.74) is 4.26. The number of nitrogens with two attached hydrogens (primary N) is 1. The van der Waals surface area contributed by atoms with Crippen molar-refractivity contribution in [3.8, 4) is 5.75 Å². The summed E-state index contributed by atoms with van der Waals surface area (Å²) >= 11 is 13.5. The third-order valence-electron chi connectivity index (χ3n) is 3.23. The lowest BCUT2D eigenvalue weighted by molar-refractivity contribution is 0.102. The SMILES string of the molecule is COc1c(Cl)cc(C(=O)Nc2ccc3nc(NN)sc3c2)cc1Cl. The van der Waals surface area contributed by atoms with Gasteiger partial charge in [0.25, 0.3) is 5.91 Å². The summed E-state index contributed by atoms with van der Waals surface area (Å²) in [6, 6.07) is 8.38. The minimum Gasteiger partial charge on any atom is -0.494 e. The molecule has 6 nitrogen and oxygen atoms in total. The van der Waals surface area contributed by atoms with Crippen LogP contribution in [0.15, 0.2) is 30.3 Å². The molecule has 9 heteroatoms. The van der Waals surface area contributed by atoms with E-state index in [1.807, 2.05) is 6.07 Å². The summed E-state index contributed by atoms with van der Waals surface area (Å²) < 4.78 is 5.97. The molecule has 3 aromatic rings. The van der Waals surface area contributed by atoms with Crippen molar-refractivity contribution in [2.24, 2.45) is 5.84 Å². The molecule has 24 heavy (non-hydrogen) atoms. The van der Waals surface area contributed by atoms with Gasteiger partial charge in [-0.3, -0.25) is 10.2 Å². The van der Waals surface area contributed by atoms with Crippen LogP contribution in [-0.2, 0) is 0 Å². The summed E-state index contributed by atoms with van der Waals surface area (Å²) in [6.07, 6.45) is 0. The smallest absolute Gasteiger partial charge is 0.255 e. The Morgan fingerprint density at radius 3 is 2.58 bits per heavy atom. The molecule has 0 aliphatic heterocycles. The summed E-state index contributed by atoms with van der Waals surface area (Å²) in [4.78, 5) is 16.7. The number of hydrogen-bond acceptors (Lipinski definition) is 6. The fourth-order valence-corrected chi connectivity index (χ4v) is 3.61. The van der Waals surface area contributed by atoms with Crippen molar-refractivity contribution in [1.29, 1.82) is 0 Å². The molecule has 0 bridgehead atoms. The summed E-state index contributed by atoms with van der Waals surface area (Å²) in [5.74, 6) is 5.36. The van der Waals surface area contributed by atoms with E-state index < -0.39 is 0 Å². The van der Waals surface area contributed by atoms with Crippen molar-refractivity contribution in [2.75, 3.05) is 17.9 Å². The molecule has 0 spiro atoms. The molecule has 1 heterocycles. The van der Waals surface area contributed by atoms with Gasteiger partial charge >= 0.3 is 0 Å². The number of aromatic nitrogens is 1. The molecular formula is C15H12Cl2N4O2S. The molecule has 0 unspecified atom stereocenters. The van der Waals surface area contributed by atoms with E-state index in [2.05, 4.69) is 15.7 Å². The number of rotatable bonds is 4. The van der Waals surface area contributed by atoms with Gasteiger partial charge in [0.2, 0.25) is 0 Å². The fourth-order valence-electron chi connectivity index (χ4n) is 2.15.